The maximum atomic E-state index is 12.4. The van der Waals surface area contributed by atoms with Crippen molar-refractivity contribution in [3.63, 3.8) is 0 Å². The van der Waals surface area contributed by atoms with E-state index in [-0.39, 0.29) is 0 Å². The summed E-state index contributed by atoms with van der Waals surface area (Å²) in [5, 5.41) is 20.9. The van der Waals surface area contributed by atoms with Crippen molar-refractivity contribution in [2.24, 2.45) is 0 Å². The number of amides is 1. The summed E-state index contributed by atoms with van der Waals surface area (Å²) in [5.41, 5.74) is -1.99. The fourth-order valence-electron chi connectivity index (χ4n) is 0.963. The number of aliphatic hydroxyl groups is 1. The number of rotatable bonds is 2. The quantitative estimate of drug-likeness (QED) is 0.817. The van der Waals surface area contributed by atoms with Gasteiger partial charge in [-0.05, 0) is 13.8 Å². The van der Waals surface area contributed by atoms with Crippen LogP contribution in [0.3, 0.4) is 0 Å². The van der Waals surface area contributed by atoms with E-state index >= 15 is 0 Å². The normalized spacial score (nSPS) is 12.1. The van der Waals surface area contributed by atoms with Crippen LogP contribution in [0.2, 0.25) is 0 Å². The van der Waals surface area contributed by atoms with E-state index in [1.54, 1.807) is 0 Å². The maximum absolute atomic E-state index is 12.4. The molecule has 0 aliphatic rings. The van der Waals surface area contributed by atoms with Gasteiger partial charge in [0.25, 0.3) is 5.91 Å². The molecule has 0 bridgehead atoms. The Balaban J connectivity index is 3.05. The van der Waals surface area contributed by atoms with Crippen molar-refractivity contribution in [3.05, 3.63) is 17.5 Å². The Morgan fingerprint density at radius 3 is 2.44 bits per heavy atom. The molecule has 0 atom stereocenters. The molecular formula is C9H9F3N4O2. The van der Waals surface area contributed by atoms with Crippen molar-refractivity contribution in [3.8, 4) is 6.07 Å². The topological polar surface area (TPSA) is 90.9 Å². The number of hydrogen-bond acceptors (Lipinski definition) is 4. The van der Waals surface area contributed by atoms with Crippen LogP contribution < -0.4 is 5.43 Å². The van der Waals surface area contributed by atoms with Gasteiger partial charge in [0.1, 0.15) is 17.2 Å². The van der Waals surface area contributed by atoms with Gasteiger partial charge >= 0.3 is 6.18 Å². The van der Waals surface area contributed by atoms with Crippen LogP contribution in [-0.2, 0) is 11.0 Å². The van der Waals surface area contributed by atoms with Gasteiger partial charge in [-0.3, -0.25) is 4.79 Å². The van der Waals surface area contributed by atoms with Crippen molar-refractivity contribution >= 4 is 5.91 Å². The Labute approximate surface area is 99.6 Å². The molecule has 0 fully saturated rings. The summed E-state index contributed by atoms with van der Waals surface area (Å²) >= 11 is 0. The van der Waals surface area contributed by atoms with Gasteiger partial charge < -0.3 is 5.11 Å². The highest BCUT2D eigenvalue weighted by Gasteiger charge is 2.38. The minimum atomic E-state index is -4.80. The van der Waals surface area contributed by atoms with Crippen LogP contribution in [0.4, 0.5) is 13.2 Å². The standard InChI is InChI=1S/C9H9F3N4O2/c1-8(2,18)7(17)15-16-4-5(3-13)6(14-16)9(10,11)12/h4,18H,1-2H3,(H,15,17). The van der Waals surface area contributed by atoms with Crippen LogP contribution in [0.5, 0.6) is 0 Å². The second-order valence-corrected chi connectivity index (χ2v) is 3.95. The first-order valence-corrected chi connectivity index (χ1v) is 4.66. The number of alkyl halides is 3. The zero-order valence-corrected chi connectivity index (χ0v) is 9.41. The second-order valence-electron chi connectivity index (χ2n) is 3.95. The summed E-state index contributed by atoms with van der Waals surface area (Å²) in [7, 11) is 0. The van der Waals surface area contributed by atoms with Crippen molar-refractivity contribution in [1.29, 1.82) is 5.26 Å². The molecule has 0 saturated heterocycles. The highest BCUT2D eigenvalue weighted by molar-refractivity contribution is 5.90. The molecule has 9 heteroatoms. The summed E-state index contributed by atoms with van der Waals surface area (Å²) in [6.45, 7) is 2.31. The fourth-order valence-corrected chi connectivity index (χ4v) is 0.963. The molecule has 1 aromatic heterocycles. The van der Waals surface area contributed by atoms with E-state index < -0.39 is 28.9 Å². The van der Waals surface area contributed by atoms with Gasteiger partial charge in [0, 0.05) is 0 Å². The van der Waals surface area contributed by atoms with E-state index in [1.165, 1.54) is 6.07 Å². The average molecular weight is 262 g/mol. The Kier molecular flexibility index (Phi) is 3.34. The molecule has 2 N–H and O–H groups in total. The van der Waals surface area contributed by atoms with Crippen LogP contribution in [0.15, 0.2) is 6.20 Å². The van der Waals surface area contributed by atoms with Crippen LogP contribution >= 0.6 is 0 Å². The SMILES string of the molecule is CC(C)(O)C(=O)Nn1cc(C#N)c(C(F)(F)F)n1. The lowest BCUT2D eigenvalue weighted by Gasteiger charge is -2.16. The average Bonchev–Trinajstić information content (AvgIpc) is 2.59. The molecule has 18 heavy (non-hydrogen) atoms. The van der Waals surface area contributed by atoms with E-state index in [0.717, 1.165) is 13.8 Å². The molecule has 98 valence electrons. The highest BCUT2D eigenvalue weighted by atomic mass is 19.4. The molecule has 6 nitrogen and oxygen atoms in total. The Bertz CT molecular complexity index is 507. The number of carbonyl (C=O) groups is 1. The molecule has 1 aromatic rings. The summed E-state index contributed by atoms with van der Waals surface area (Å²) < 4.78 is 37.3. The summed E-state index contributed by atoms with van der Waals surface area (Å²) in [4.78, 5) is 11.8. The van der Waals surface area contributed by atoms with E-state index in [0.29, 0.717) is 11.0 Å². The summed E-state index contributed by atoms with van der Waals surface area (Å²) in [5.74, 6) is -0.955. The lowest BCUT2D eigenvalue weighted by Crippen LogP contribution is -2.40. The van der Waals surface area contributed by atoms with Gasteiger partial charge in [0.05, 0.1) is 6.20 Å². The van der Waals surface area contributed by atoms with Gasteiger partial charge in [-0.2, -0.15) is 23.2 Å². The number of aromatic nitrogens is 2. The third-order valence-electron chi connectivity index (χ3n) is 1.87. The number of nitrogens with zero attached hydrogens (tertiary/aromatic N) is 3. The van der Waals surface area contributed by atoms with E-state index in [4.69, 9.17) is 5.26 Å². The predicted molar refractivity (Wildman–Crippen MR) is 52.6 cm³/mol. The molecule has 1 heterocycles. The number of hydrogen-bond donors (Lipinski definition) is 2. The number of halogens is 3. The van der Waals surface area contributed by atoms with Gasteiger partial charge in [0.15, 0.2) is 5.69 Å². The zero-order valence-electron chi connectivity index (χ0n) is 9.41. The molecule has 0 aliphatic carbocycles. The molecule has 1 amide bonds. The predicted octanol–water partition coefficient (Wildman–Crippen LogP) is 0.615. The monoisotopic (exact) mass is 262 g/mol. The molecule has 1 rings (SSSR count). The van der Waals surface area contributed by atoms with Crippen molar-refractivity contribution in [2.75, 3.05) is 5.43 Å². The van der Waals surface area contributed by atoms with Crippen LogP contribution in [-0.4, -0.2) is 26.5 Å². The van der Waals surface area contributed by atoms with Crippen LogP contribution in [0.25, 0.3) is 0 Å². The minimum absolute atomic E-state index is 0.446. The zero-order chi connectivity index (χ0) is 14.1. The molecule has 0 radical (unpaired) electrons. The van der Waals surface area contributed by atoms with Gasteiger partial charge in [0.2, 0.25) is 0 Å². The highest BCUT2D eigenvalue weighted by Crippen LogP contribution is 2.29. The van der Waals surface area contributed by atoms with Crippen molar-refractivity contribution in [2.45, 2.75) is 25.6 Å². The summed E-state index contributed by atoms with van der Waals surface area (Å²) in [6.07, 6.45) is -4.08. The first-order valence-electron chi connectivity index (χ1n) is 4.66. The number of carbonyl (C=O) groups excluding carboxylic acids is 1. The summed E-state index contributed by atoms with van der Waals surface area (Å²) in [6, 6.07) is 1.32. The third kappa shape index (κ3) is 2.98. The molecule has 0 unspecified atom stereocenters. The molecule has 0 aliphatic heterocycles. The van der Waals surface area contributed by atoms with Gasteiger partial charge in [-0.15, -0.1) is 5.10 Å². The fraction of sp³-hybridized carbons (Fsp3) is 0.444. The third-order valence-corrected chi connectivity index (χ3v) is 1.87. The lowest BCUT2D eigenvalue weighted by molar-refractivity contribution is -0.142. The number of nitrogens with one attached hydrogen (secondary N) is 1. The molecule has 0 aromatic carbocycles. The Hall–Kier alpha value is -2.08. The van der Waals surface area contributed by atoms with Gasteiger partial charge in [-0.25, -0.2) is 5.43 Å². The minimum Gasteiger partial charge on any atom is -0.381 e. The molecule has 0 saturated carbocycles. The van der Waals surface area contributed by atoms with Crippen LogP contribution in [0, 0.1) is 11.3 Å². The van der Waals surface area contributed by atoms with E-state index in [2.05, 4.69) is 5.10 Å². The Morgan fingerprint density at radius 2 is 2.11 bits per heavy atom. The second kappa shape index (κ2) is 4.30. The van der Waals surface area contributed by atoms with Crippen LogP contribution in [0.1, 0.15) is 25.1 Å². The van der Waals surface area contributed by atoms with Gasteiger partial charge in [-0.1, -0.05) is 0 Å². The van der Waals surface area contributed by atoms with Crippen molar-refractivity contribution in [1.82, 2.24) is 9.89 Å². The smallest absolute Gasteiger partial charge is 0.381 e. The largest absolute Gasteiger partial charge is 0.436 e. The van der Waals surface area contributed by atoms with E-state index in [1.807, 2.05) is 5.43 Å². The Morgan fingerprint density at radius 1 is 1.56 bits per heavy atom. The first-order chi connectivity index (χ1) is 8.05. The van der Waals surface area contributed by atoms with Crippen molar-refractivity contribution < 1.29 is 23.1 Å². The molecular weight excluding hydrogens is 253 g/mol. The maximum Gasteiger partial charge on any atom is 0.436 e. The van der Waals surface area contributed by atoms with E-state index in [9.17, 15) is 23.1 Å². The number of nitriles is 1. The first kappa shape index (κ1) is 14.0. The lowest BCUT2D eigenvalue weighted by atomic mass is 10.1. The molecule has 0 spiro atoms.